The van der Waals surface area contributed by atoms with Crippen LogP contribution >= 0.6 is 0 Å². The second-order valence-corrected chi connectivity index (χ2v) is 8.46. The molecule has 166 valence electrons. The first-order valence-corrected chi connectivity index (χ1v) is 11.4. The zero-order chi connectivity index (χ0) is 21.5. The van der Waals surface area contributed by atoms with Crippen molar-refractivity contribution in [2.45, 2.75) is 13.0 Å². The average molecular weight is 423 g/mol. The highest BCUT2D eigenvalue weighted by Crippen LogP contribution is 2.20. The van der Waals surface area contributed by atoms with Gasteiger partial charge in [-0.2, -0.15) is 0 Å². The second-order valence-electron chi connectivity index (χ2n) is 8.46. The topological polar surface area (TPSA) is 39.3 Å². The monoisotopic (exact) mass is 422 g/mol. The van der Waals surface area contributed by atoms with Gasteiger partial charge in [0.25, 0.3) is 0 Å². The number of carbonyl (C=O) groups excluding carboxylic acids is 1. The molecule has 2 aromatic carbocycles. The van der Waals surface area contributed by atoms with Gasteiger partial charge < -0.3 is 14.5 Å². The summed E-state index contributed by atoms with van der Waals surface area (Å²) in [5.74, 6) is 1.14. The zero-order valence-electron chi connectivity index (χ0n) is 18.6. The van der Waals surface area contributed by atoms with E-state index in [0.29, 0.717) is 6.54 Å². The van der Waals surface area contributed by atoms with Crippen molar-refractivity contribution in [1.82, 2.24) is 14.7 Å². The van der Waals surface area contributed by atoms with E-state index < -0.39 is 0 Å². The molecule has 0 atom stereocenters. The summed E-state index contributed by atoms with van der Waals surface area (Å²) in [6.07, 6.45) is 1.12. The van der Waals surface area contributed by atoms with E-state index in [1.54, 1.807) is 7.11 Å². The Morgan fingerprint density at radius 3 is 2.19 bits per heavy atom. The third-order valence-electron chi connectivity index (χ3n) is 6.36. The lowest BCUT2D eigenvalue weighted by Gasteiger charge is -2.37. The lowest BCUT2D eigenvalue weighted by atomic mass is 10.2. The lowest BCUT2D eigenvalue weighted by molar-refractivity contribution is -0.132. The Hall–Kier alpha value is -2.57. The maximum atomic E-state index is 12.9. The smallest absolute Gasteiger partial charge is 0.236 e. The molecule has 2 aliphatic heterocycles. The van der Waals surface area contributed by atoms with Crippen molar-refractivity contribution in [2.75, 3.05) is 70.9 Å². The fourth-order valence-corrected chi connectivity index (χ4v) is 4.48. The van der Waals surface area contributed by atoms with Crippen molar-refractivity contribution in [3.8, 4) is 5.75 Å². The van der Waals surface area contributed by atoms with Gasteiger partial charge in [-0.1, -0.05) is 30.3 Å². The summed E-state index contributed by atoms with van der Waals surface area (Å²) >= 11 is 0. The van der Waals surface area contributed by atoms with E-state index >= 15 is 0 Å². The molecule has 6 heteroatoms. The van der Waals surface area contributed by atoms with Gasteiger partial charge in [-0.3, -0.25) is 14.6 Å². The van der Waals surface area contributed by atoms with Crippen LogP contribution in [0.4, 0.5) is 5.69 Å². The van der Waals surface area contributed by atoms with Crippen LogP contribution in [0.15, 0.2) is 54.6 Å². The first-order chi connectivity index (χ1) is 15.2. The number of hydrogen-bond acceptors (Lipinski definition) is 5. The largest absolute Gasteiger partial charge is 0.497 e. The number of ether oxygens (including phenoxy) is 1. The summed E-state index contributed by atoms with van der Waals surface area (Å²) < 4.78 is 5.24. The molecule has 2 aliphatic rings. The molecular formula is C25H34N4O2. The molecule has 2 heterocycles. The number of methoxy groups -OCH3 is 1. The van der Waals surface area contributed by atoms with Crippen molar-refractivity contribution in [3.63, 3.8) is 0 Å². The van der Waals surface area contributed by atoms with E-state index in [1.807, 2.05) is 17.0 Å². The molecule has 0 N–H and O–H groups in total. The van der Waals surface area contributed by atoms with E-state index in [0.717, 1.165) is 71.1 Å². The SMILES string of the molecule is COc1ccc(N2CCN(C(=O)CN3CCCN(Cc4ccccc4)CC3)CC2)cc1. The van der Waals surface area contributed by atoms with Gasteiger partial charge in [-0.15, -0.1) is 0 Å². The van der Waals surface area contributed by atoms with Crippen LogP contribution in [0.1, 0.15) is 12.0 Å². The van der Waals surface area contributed by atoms with Crippen molar-refractivity contribution in [1.29, 1.82) is 0 Å². The van der Waals surface area contributed by atoms with Crippen molar-refractivity contribution in [2.24, 2.45) is 0 Å². The molecule has 2 aromatic rings. The zero-order valence-corrected chi connectivity index (χ0v) is 18.6. The van der Waals surface area contributed by atoms with Gasteiger partial charge in [0.2, 0.25) is 5.91 Å². The Bertz CT molecular complexity index is 819. The predicted molar refractivity (Wildman–Crippen MR) is 125 cm³/mol. The van der Waals surface area contributed by atoms with Crippen molar-refractivity contribution in [3.05, 3.63) is 60.2 Å². The molecule has 31 heavy (non-hydrogen) atoms. The molecule has 0 unspecified atom stereocenters. The number of piperazine rings is 1. The predicted octanol–water partition coefficient (Wildman–Crippen LogP) is 2.55. The third kappa shape index (κ3) is 5.99. The number of amides is 1. The van der Waals surface area contributed by atoms with Crippen LogP contribution in [0.2, 0.25) is 0 Å². The molecule has 1 amide bonds. The van der Waals surface area contributed by atoms with Crippen LogP contribution in [0.5, 0.6) is 5.75 Å². The van der Waals surface area contributed by atoms with Crippen LogP contribution in [0, 0.1) is 0 Å². The van der Waals surface area contributed by atoms with Gasteiger partial charge in [0.05, 0.1) is 13.7 Å². The Morgan fingerprint density at radius 1 is 0.806 bits per heavy atom. The third-order valence-corrected chi connectivity index (χ3v) is 6.36. The van der Waals surface area contributed by atoms with Crippen LogP contribution in [-0.2, 0) is 11.3 Å². The highest BCUT2D eigenvalue weighted by atomic mass is 16.5. The molecule has 0 spiro atoms. The number of carbonyl (C=O) groups is 1. The Labute approximate surface area is 186 Å². The summed E-state index contributed by atoms with van der Waals surface area (Å²) in [5, 5.41) is 0. The molecule has 2 saturated heterocycles. The van der Waals surface area contributed by atoms with Gasteiger partial charge >= 0.3 is 0 Å². The van der Waals surface area contributed by atoms with Crippen LogP contribution in [0.3, 0.4) is 0 Å². The minimum atomic E-state index is 0.269. The Balaban J connectivity index is 1.21. The standard InChI is InChI=1S/C25H34N4O2/c1-31-24-10-8-23(9-11-24)28-16-18-29(19-17-28)25(30)21-27-13-5-12-26(14-15-27)20-22-6-3-2-4-7-22/h2-4,6-11H,5,12-21H2,1H3. The fourth-order valence-electron chi connectivity index (χ4n) is 4.48. The van der Waals surface area contributed by atoms with Crippen LogP contribution in [-0.4, -0.2) is 86.6 Å². The summed E-state index contributed by atoms with van der Waals surface area (Å²) in [4.78, 5) is 22.1. The van der Waals surface area contributed by atoms with Gasteiger partial charge in [-0.25, -0.2) is 0 Å². The summed E-state index contributed by atoms with van der Waals surface area (Å²) in [7, 11) is 1.69. The van der Waals surface area contributed by atoms with Gasteiger partial charge in [0, 0.05) is 51.5 Å². The Morgan fingerprint density at radius 2 is 1.48 bits per heavy atom. The van der Waals surface area contributed by atoms with Crippen molar-refractivity contribution >= 4 is 11.6 Å². The first-order valence-electron chi connectivity index (χ1n) is 11.4. The lowest BCUT2D eigenvalue weighted by Crippen LogP contribution is -2.51. The molecule has 0 radical (unpaired) electrons. The molecular weight excluding hydrogens is 388 g/mol. The van der Waals surface area contributed by atoms with Crippen LogP contribution < -0.4 is 9.64 Å². The van der Waals surface area contributed by atoms with Gasteiger partial charge in [-0.05, 0) is 49.3 Å². The number of rotatable bonds is 6. The van der Waals surface area contributed by atoms with Crippen LogP contribution in [0.25, 0.3) is 0 Å². The molecule has 0 aromatic heterocycles. The minimum absolute atomic E-state index is 0.269. The molecule has 0 bridgehead atoms. The summed E-state index contributed by atoms with van der Waals surface area (Å²) in [5.41, 5.74) is 2.56. The molecule has 2 fully saturated rings. The van der Waals surface area contributed by atoms with E-state index in [1.165, 1.54) is 11.3 Å². The average Bonchev–Trinajstić information content (AvgIpc) is 3.05. The number of benzene rings is 2. The summed E-state index contributed by atoms with van der Waals surface area (Å²) in [6.45, 7) is 8.96. The molecule has 4 rings (SSSR count). The maximum Gasteiger partial charge on any atom is 0.236 e. The van der Waals surface area contributed by atoms with E-state index in [-0.39, 0.29) is 5.91 Å². The van der Waals surface area contributed by atoms with Crippen molar-refractivity contribution < 1.29 is 9.53 Å². The first kappa shape index (κ1) is 21.7. The maximum absolute atomic E-state index is 12.9. The highest BCUT2D eigenvalue weighted by molar-refractivity contribution is 5.78. The van der Waals surface area contributed by atoms with E-state index in [4.69, 9.17) is 4.74 Å². The van der Waals surface area contributed by atoms with Gasteiger partial charge in [0.1, 0.15) is 5.75 Å². The summed E-state index contributed by atoms with van der Waals surface area (Å²) in [6, 6.07) is 18.8. The highest BCUT2D eigenvalue weighted by Gasteiger charge is 2.24. The molecule has 0 saturated carbocycles. The van der Waals surface area contributed by atoms with Gasteiger partial charge in [0.15, 0.2) is 0 Å². The number of nitrogens with zero attached hydrogens (tertiary/aromatic N) is 4. The minimum Gasteiger partial charge on any atom is -0.497 e. The molecule has 0 aliphatic carbocycles. The quantitative estimate of drug-likeness (QED) is 0.716. The number of hydrogen-bond donors (Lipinski definition) is 0. The van der Waals surface area contributed by atoms with E-state index in [2.05, 4.69) is 57.2 Å². The number of anilines is 1. The fraction of sp³-hybridized carbons (Fsp3) is 0.480. The Kier molecular flexibility index (Phi) is 7.43. The second kappa shape index (κ2) is 10.6. The van der Waals surface area contributed by atoms with E-state index in [9.17, 15) is 4.79 Å². The molecule has 6 nitrogen and oxygen atoms in total. The normalized spacial score (nSPS) is 18.6.